The van der Waals surface area contributed by atoms with Crippen molar-refractivity contribution in [3.63, 3.8) is 0 Å². The molecule has 0 atom stereocenters. The molecule has 1 saturated heterocycles. The molecule has 1 aliphatic heterocycles. The Balaban J connectivity index is 0.000000741. The van der Waals surface area contributed by atoms with E-state index in [-0.39, 0.29) is 0 Å². The van der Waals surface area contributed by atoms with Crippen LogP contribution in [0.15, 0.2) is 18.3 Å². The Morgan fingerprint density at radius 2 is 1.63 bits per heavy atom. The molecular weight excluding hydrogens is 234 g/mol. The molecule has 0 aliphatic carbocycles. The molecule has 0 spiro atoms. The van der Waals surface area contributed by atoms with Crippen LogP contribution < -0.4 is 4.90 Å². The van der Waals surface area contributed by atoms with Crippen LogP contribution in [0.1, 0.15) is 40.2 Å². The lowest BCUT2D eigenvalue weighted by Gasteiger charge is -2.34. The standard InChI is InChI=1S/C12H19N3.2C2H6/c1-3-14-6-8-15(9-7-14)12-10-11(2)4-5-13-12;2*1-2/h4-5,10H,3,6-9H2,1-2H3;2*1-2H3. The first-order valence-electron chi connectivity index (χ1n) is 7.69. The zero-order chi connectivity index (χ0) is 14.7. The molecule has 1 fully saturated rings. The van der Waals surface area contributed by atoms with Crippen molar-refractivity contribution in [3.8, 4) is 0 Å². The van der Waals surface area contributed by atoms with E-state index in [0.717, 1.165) is 38.5 Å². The maximum absolute atomic E-state index is 4.42. The molecule has 3 nitrogen and oxygen atoms in total. The van der Waals surface area contributed by atoms with Crippen molar-refractivity contribution in [2.75, 3.05) is 37.6 Å². The van der Waals surface area contributed by atoms with Gasteiger partial charge in [0.15, 0.2) is 0 Å². The fraction of sp³-hybridized carbons (Fsp3) is 0.688. The van der Waals surface area contributed by atoms with E-state index < -0.39 is 0 Å². The summed E-state index contributed by atoms with van der Waals surface area (Å²) < 4.78 is 0. The summed E-state index contributed by atoms with van der Waals surface area (Å²) in [5.41, 5.74) is 1.29. The Bertz CT molecular complexity index is 318. The van der Waals surface area contributed by atoms with Gasteiger partial charge in [-0.3, -0.25) is 0 Å². The molecule has 0 saturated carbocycles. The molecule has 0 amide bonds. The van der Waals surface area contributed by atoms with E-state index in [2.05, 4.69) is 34.7 Å². The van der Waals surface area contributed by atoms with Crippen LogP contribution in [-0.4, -0.2) is 42.6 Å². The van der Waals surface area contributed by atoms with Crippen LogP contribution in [-0.2, 0) is 0 Å². The molecule has 1 aromatic heterocycles. The number of rotatable bonds is 2. The van der Waals surface area contributed by atoms with Crippen molar-refractivity contribution in [1.29, 1.82) is 0 Å². The topological polar surface area (TPSA) is 19.4 Å². The summed E-state index contributed by atoms with van der Waals surface area (Å²) in [6, 6.07) is 4.22. The minimum absolute atomic E-state index is 1.10. The molecule has 2 heterocycles. The molecule has 1 aliphatic rings. The van der Waals surface area contributed by atoms with E-state index in [1.54, 1.807) is 0 Å². The van der Waals surface area contributed by atoms with E-state index in [1.807, 2.05) is 40.0 Å². The van der Waals surface area contributed by atoms with Crippen LogP contribution in [0.5, 0.6) is 0 Å². The van der Waals surface area contributed by atoms with Crippen LogP contribution in [0.25, 0.3) is 0 Å². The summed E-state index contributed by atoms with van der Waals surface area (Å²) in [4.78, 5) is 9.27. The van der Waals surface area contributed by atoms with Gasteiger partial charge < -0.3 is 9.80 Å². The zero-order valence-electron chi connectivity index (χ0n) is 13.6. The minimum atomic E-state index is 1.10. The maximum Gasteiger partial charge on any atom is 0.128 e. The van der Waals surface area contributed by atoms with Crippen LogP contribution in [0, 0.1) is 6.92 Å². The summed E-state index contributed by atoms with van der Waals surface area (Å²) in [5.74, 6) is 1.13. The quantitative estimate of drug-likeness (QED) is 0.814. The number of nitrogens with zero attached hydrogens (tertiary/aromatic N) is 3. The second kappa shape index (κ2) is 10.8. The molecular formula is C16H31N3. The molecule has 0 radical (unpaired) electrons. The fourth-order valence-corrected chi connectivity index (χ4v) is 1.99. The van der Waals surface area contributed by atoms with E-state index in [1.165, 1.54) is 5.56 Å². The first-order valence-corrected chi connectivity index (χ1v) is 7.69. The van der Waals surface area contributed by atoms with Crippen LogP contribution in [0.4, 0.5) is 5.82 Å². The normalized spacial score (nSPS) is 14.9. The maximum atomic E-state index is 4.42. The summed E-state index contributed by atoms with van der Waals surface area (Å²) >= 11 is 0. The van der Waals surface area contributed by atoms with Gasteiger partial charge in [0.25, 0.3) is 0 Å². The third-order valence-electron chi connectivity index (χ3n) is 3.04. The number of hydrogen-bond acceptors (Lipinski definition) is 3. The lowest BCUT2D eigenvalue weighted by atomic mass is 10.2. The van der Waals surface area contributed by atoms with Gasteiger partial charge in [-0.15, -0.1) is 0 Å². The van der Waals surface area contributed by atoms with E-state index in [0.29, 0.717) is 0 Å². The van der Waals surface area contributed by atoms with E-state index in [9.17, 15) is 0 Å². The number of pyridine rings is 1. The van der Waals surface area contributed by atoms with Crippen LogP contribution in [0.2, 0.25) is 0 Å². The Labute approximate surface area is 119 Å². The van der Waals surface area contributed by atoms with Gasteiger partial charge in [-0.2, -0.15) is 0 Å². The lowest BCUT2D eigenvalue weighted by Crippen LogP contribution is -2.46. The van der Waals surface area contributed by atoms with E-state index >= 15 is 0 Å². The van der Waals surface area contributed by atoms with Gasteiger partial charge in [0.05, 0.1) is 0 Å². The van der Waals surface area contributed by atoms with Crippen LogP contribution >= 0.6 is 0 Å². The first-order chi connectivity index (χ1) is 9.29. The van der Waals surface area contributed by atoms with Gasteiger partial charge in [0, 0.05) is 32.4 Å². The summed E-state index contributed by atoms with van der Waals surface area (Å²) in [5, 5.41) is 0. The predicted octanol–water partition coefficient (Wildman–Crippen LogP) is 3.58. The number of aromatic nitrogens is 1. The lowest BCUT2D eigenvalue weighted by molar-refractivity contribution is 0.270. The molecule has 1 aromatic rings. The monoisotopic (exact) mass is 265 g/mol. The highest BCUT2D eigenvalue weighted by Gasteiger charge is 2.16. The first kappa shape index (κ1) is 17.9. The number of anilines is 1. The summed E-state index contributed by atoms with van der Waals surface area (Å²) in [7, 11) is 0. The molecule has 0 aromatic carbocycles. The Morgan fingerprint density at radius 3 is 2.11 bits per heavy atom. The molecule has 19 heavy (non-hydrogen) atoms. The van der Waals surface area contributed by atoms with Crippen molar-refractivity contribution in [1.82, 2.24) is 9.88 Å². The highest BCUT2D eigenvalue weighted by molar-refractivity contribution is 5.41. The Hall–Kier alpha value is -1.09. The fourth-order valence-electron chi connectivity index (χ4n) is 1.99. The van der Waals surface area contributed by atoms with E-state index in [4.69, 9.17) is 0 Å². The van der Waals surface area contributed by atoms with Gasteiger partial charge in [-0.25, -0.2) is 4.98 Å². The third-order valence-corrected chi connectivity index (χ3v) is 3.04. The molecule has 0 N–H and O–H groups in total. The van der Waals surface area contributed by atoms with Gasteiger partial charge in [0.2, 0.25) is 0 Å². The van der Waals surface area contributed by atoms with Crippen molar-refractivity contribution in [3.05, 3.63) is 23.9 Å². The number of aryl methyl sites for hydroxylation is 1. The van der Waals surface area contributed by atoms with Crippen molar-refractivity contribution < 1.29 is 0 Å². The van der Waals surface area contributed by atoms with Gasteiger partial charge >= 0.3 is 0 Å². The van der Waals surface area contributed by atoms with Crippen molar-refractivity contribution in [2.24, 2.45) is 0 Å². The highest BCUT2D eigenvalue weighted by atomic mass is 15.3. The van der Waals surface area contributed by atoms with Crippen molar-refractivity contribution in [2.45, 2.75) is 41.5 Å². The second-order valence-corrected chi connectivity index (χ2v) is 4.11. The third kappa shape index (κ3) is 6.06. The molecule has 3 heteroatoms. The average Bonchev–Trinajstić information content (AvgIpc) is 2.51. The van der Waals surface area contributed by atoms with Gasteiger partial charge in [0.1, 0.15) is 5.82 Å². The molecule has 110 valence electrons. The smallest absolute Gasteiger partial charge is 0.128 e. The summed E-state index contributed by atoms with van der Waals surface area (Å²) in [6.07, 6.45) is 1.90. The Kier molecular flexibility index (Phi) is 10.2. The molecule has 0 unspecified atom stereocenters. The zero-order valence-corrected chi connectivity index (χ0v) is 13.6. The molecule has 0 bridgehead atoms. The summed E-state index contributed by atoms with van der Waals surface area (Å²) in [6.45, 7) is 18.0. The predicted molar refractivity (Wildman–Crippen MR) is 86.0 cm³/mol. The number of likely N-dealkylation sites (N-methyl/N-ethyl adjacent to an activating group) is 1. The Morgan fingerprint density at radius 1 is 1.05 bits per heavy atom. The minimum Gasteiger partial charge on any atom is -0.354 e. The number of piperazine rings is 1. The molecule has 2 rings (SSSR count). The van der Waals surface area contributed by atoms with Crippen molar-refractivity contribution >= 4 is 5.82 Å². The van der Waals surface area contributed by atoms with Gasteiger partial charge in [-0.1, -0.05) is 34.6 Å². The van der Waals surface area contributed by atoms with Gasteiger partial charge in [-0.05, 0) is 31.2 Å². The van der Waals surface area contributed by atoms with Crippen LogP contribution in [0.3, 0.4) is 0 Å². The number of hydrogen-bond donors (Lipinski definition) is 0. The highest BCUT2D eigenvalue weighted by Crippen LogP contribution is 2.14. The SMILES string of the molecule is CC.CC.CCN1CCN(c2cc(C)ccn2)CC1. The second-order valence-electron chi connectivity index (χ2n) is 4.11. The largest absolute Gasteiger partial charge is 0.354 e. The average molecular weight is 265 g/mol.